The molecule has 4 nitrogen and oxygen atoms in total. The molecular formula is C9H23N3O. The largest absolute Gasteiger partial charge is 0.395 e. The highest BCUT2D eigenvalue weighted by Crippen LogP contribution is 1.95. The van der Waals surface area contributed by atoms with Crippen molar-refractivity contribution >= 4 is 0 Å². The summed E-state index contributed by atoms with van der Waals surface area (Å²) in [6, 6.07) is 0. The van der Waals surface area contributed by atoms with E-state index in [1.165, 1.54) is 0 Å². The van der Waals surface area contributed by atoms with Gasteiger partial charge in [-0.2, -0.15) is 0 Å². The predicted molar refractivity (Wildman–Crippen MR) is 55.5 cm³/mol. The average molecular weight is 189 g/mol. The van der Waals surface area contributed by atoms with Crippen molar-refractivity contribution < 1.29 is 5.11 Å². The molecule has 0 unspecified atom stereocenters. The monoisotopic (exact) mass is 189 g/mol. The number of aliphatic hydroxyl groups is 1. The maximum Gasteiger partial charge on any atom is 0.0558 e. The summed E-state index contributed by atoms with van der Waals surface area (Å²) < 4.78 is 0. The highest BCUT2D eigenvalue weighted by Gasteiger charge is 2.02. The predicted octanol–water partition coefficient (Wildman–Crippen LogP) is -0.632. The topological polar surface area (TPSA) is 75.5 Å². The first-order valence-corrected chi connectivity index (χ1v) is 5.08. The van der Waals surface area contributed by atoms with E-state index in [1.54, 1.807) is 0 Å². The lowest BCUT2D eigenvalue weighted by atomic mass is 10.2. The van der Waals surface area contributed by atoms with Crippen molar-refractivity contribution in [3.05, 3.63) is 0 Å². The molecule has 0 aliphatic rings. The zero-order valence-corrected chi connectivity index (χ0v) is 8.41. The van der Waals surface area contributed by atoms with E-state index in [9.17, 15) is 0 Å². The van der Waals surface area contributed by atoms with E-state index in [1.807, 2.05) is 0 Å². The third kappa shape index (κ3) is 8.18. The molecule has 0 aliphatic heterocycles. The number of unbranched alkanes of at least 4 members (excludes halogenated alkanes) is 1. The Balaban J connectivity index is 3.41. The fraction of sp³-hybridized carbons (Fsp3) is 1.00. The van der Waals surface area contributed by atoms with Gasteiger partial charge in [0.1, 0.15) is 0 Å². The van der Waals surface area contributed by atoms with E-state index in [2.05, 4.69) is 4.90 Å². The fourth-order valence-electron chi connectivity index (χ4n) is 1.27. The van der Waals surface area contributed by atoms with Crippen molar-refractivity contribution in [3.8, 4) is 0 Å². The van der Waals surface area contributed by atoms with Crippen LogP contribution in [0.5, 0.6) is 0 Å². The van der Waals surface area contributed by atoms with Crippen LogP contribution in [-0.4, -0.2) is 49.3 Å². The summed E-state index contributed by atoms with van der Waals surface area (Å²) in [6.45, 7) is 4.47. The average Bonchev–Trinajstić information content (AvgIpc) is 2.14. The molecule has 0 aromatic heterocycles. The summed E-state index contributed by atoms with van der Waals surface area (Å²) in [4.78, 5) is 2.24. The van der Waals surface area contributed by atoms with Crippen LogP contribution in [0.15, 0.2) is 0 Å². The summed E-state index contributed by atoms with van der Waals surface area (Å²) in [7, 11) is 0. The summed E-state index contributed by atoms with van der Waals surface area (Å²) in [5.41, 5.74) is 10.8. The molecule has 5 N–H and O–H groups in total. The lowest BCUT2D eigenvalue weighted by Crippen LogP contribution is -2.30. The number of hydrogen-bond acceptors (Lipinski definition) is 4. The summed E-state index contributed by atoms with van der Waals surface area (Å²) in [5, 5.41) is 8.79. The van der Waals surface area contributed by atoms with Crippen LogP contribution in [0.1, 0.15) is 19.3 Å². The molecule has 0 bridgehead atoms. The zero-order chi connectivity index (χ0) is 9.94. The summed E-state index contributed by atoms with van der Waals surface area (Å²) in [5.74, 6) is 0. The van der Waals surface area contributed by atoms with E-state index >= 15 is 0 Å². The number of hydrogen-bond donors (Lipinski definition) is 3. The molecular weight excluding hydrogens is 166 g/mol. The lowest BCUT2D eigenvalue weighted by molar-refractivity contribution is 0.193. The Morgan fingerprint density at radius 1 is 0.846 bits per heavy atom. The normalized spacial score (nSPS) is 11.1. The van der Waals surface area contributed by atoms with Gasteiger partial charge >= 0.3 is 0 Å². The molecule has 0 spiro atoms. The van der Waals surface area contributed by atoms with Gasteiger partial charge in [-0.05, 0) is 45.4 Å². The van der Waals surface area contributed by atoms with Gasteiger partial charge in [0.2, 0.25) is 0 Å². The molecule has 0 aliphatic carbocycles. The number of nitrogens with zero attached hydrogens (tertiary/aromatic N) is 1. The van der Waals surface area contributed by atoms with E-state index < -0.39 is 0 Å². The highest BCUT2D eigenvalue weighted by molar-refractivity contribution is 4.58. The van der Waals surface area contributed by atoms with E-state index in [0.29, 0.717) is 0 Å². The minimum absolute atomic E-state index is 0.229. The second-order valence-electron chi connectivity index (χ2n) is 3.20. The second kappa shape index (κ2) is 9.92. The molecule has 0 saturated heterocycles. The van der Waals surface area contributed by atoms with Crippen LogP contribution in [0, 0.1) is 0 Å². The first-order valence-electron chi connectivity index (χ1n) is 5.08. The standard InChI is InChI=1S/C9H23N3O/c10-4-1-2-6-12(8-9-13)7-3-5-11/h13H,1-11H2. The van der Waals surface area contributed by atoms with Crippen molar-refractivity contribution in [2.75, 3.05) is 39.3 Å². The van der Waals surface area contributed by atoms with E-state index in [0.717, 1.165) is 52.0 Å². The molecule has 0 atom stereocenters. The third-order valence-electron chi connectivity index (χ3n) is 2.02. The van der Waals surface area contributed by atoms with Gasteiger partial charge in [-0.1, -0.05) is 0 Å². The molecule has 0 fully saturated rings. The number of nitrogens with two attached hydrogens (primary N) is 2. The van der Waals surface area contributed by atoms with Gasteiger partial charge in [0.15, 0.2) is 0 Å². The van der Waals surface area contributed by atoms with Crippen LogP contribution in [0.2, 0.25) is 0 Å². The van der Waals surface area contributed by atoms with Gasteiger partial charge < -0.3 is 21.5 Å². The molecule has 80 valence electrons. The molecule has 0 rings (SSSR count). The summed E-state index contributed by atoms with van der Waals surface area (Å²) in [6.07, 6.45) is 3.17. The Bertz CT molecular complexity index is 101. The maximum absolute atomic E-state index is 8.79. The third-order valence-corrected chi connectivity index (χ3v) is 2.02. The van der Waals surface area contributed by atoms with Crippen LogP contribution in [0.4, 0.5) is 0 Å². The van der Waals surface area contributed by atoms with Crippen LogP contribution in [0.25, 0.3) is 0 Å². The Labute approximate surface area is 80.9 Å². The minimum atomic E-state index is 0.229. The lowest BCUT2D eigenvalue weighted by Gasteiger charge is -2.20. The minimum Gasteiger partial charge on any atom is -0.395 e. The van der Waals surface area contributed by atoms with Crippen molar-refractivity contribution in [1.29, 1.82) is 0 Å². The molecule has 0 aromatic rings. The molecule has 4 heteroatoms. The Hall–Kier alpha value is -0.160. The molecule has 0 saturated carbocycles. The van der Waals surface area contributed by atoms with E-state index in [-0.39, 0.29) is 6.61 Å². The molecule has 0 radical (unpaired) electrons. The zero-order valence-electron chi connectivity index (χ0n) is 8.41. The first kappa shape index (κ1) is 12.8. The fourth-order valence-corrected chi connectivity index (χ4v) is 1.27. The molecule has 0 aromatic carbocycles. The SMILES string of the molecule is NCCCCN(CCO)CCCN. The Kier molecular flexibility index (Phi) is 9.80. The molecule has 13 heavy (non-hydrogen) atoms. The smallest absolute Gasteiger partial charge is 0.0558 e. The van der Waals surface area contributed by atoms with Crippen molar-refractivity contribution in [2.45, 2.75) is 19.3 Å². The van der Waals surface area contributed by atoms with Gasteiger partial charge in [0.05, 0.1) is 6.61 Å². The molecule has 0 amide bonds. The highest BCUT2D eigenvalue weighted by atomic mass is 16.3. The second-order valence-corrected chi connectivity index (χ2v) is 3.20. The van der Waals surface area contributed by atoms with Crippen LogP contribution >= 0.6 is 0 Å². The van der Waals surface area contributed by atoms with Crippen molar-refractivity contribution in [2.24, 2.45) is 11.5 Å². The number of rotatable bonds is 9. The van der Waals surface area contributed by atoms with Crippen molar-refractivity contribution in [3.63, 3.8) is 0 Å². The van der Waals surface area contributed by atoms with Gasteiger partial charge in [-0.3, -0.25) is 0 Å². The first-order chi connectivity index (χ1) is 6.35. The van der Waals surface area contributed by atoms with Crippen molar-refractivity contribution in [1.82, 2.24) is 4.90 Å². The quantitative estimate of drug-likeness (QED) is 0.422. The van der Waals surface area contributed by atoms with Gasteiger partial charge in [0.25, 0.3) is 0 Å². The maximum atomic E-state index is 8.79. The van der Waals surface area contributed by atoms with Gasteiger partial charge in [-0.25, -0.2) is 0 Å². The number of aliphatic hydroxyl groups excluding tert-OH is 1. The van der Waals surface area contributed by atoms with Gasteiger partial charge in [-0.15, -0.1) is 0 Å². The van der Waals surface area contributed by atoms with Crippen LogP contribution in [-0.2, 0) is 0 Å². The Morgan fingerprint density at radius 2 is 1.46 bits per heavy atom. The van der Waals surface area contributed by atoms with Crippen LogP contribution < -0.4 is 11.5 Å². The van der Waals surface area contributed by atoms with Crippen LogP contribution in [0.3, 0.4) is 0 Å². The van der Waals surface area contributed by atoms with E-state index in [4.69, 9.17) is 16.6 Å². The summed E-state index contributed by atoms with van der Waals surface area (Å²) >= 11 is 0. The van der Waals surface area contributed by atoms with Gasteiger partial charge in [0, 0.05) is 6.54 Å². The molecule has 0 heterocycles. The Morgan fingerprint density at radius 3 is 2.00 bits per heavy atom.